The van der Waals surface area contributed by atoms with Crippen LogP contribution < -0.4 is 5.06 Å². The number of hydrogen-bond donors (Lipinski definition) is 1. The molecule has 0 aromatic heterocycles. The van der Waals surface area contributed by atoms with Crippen LogP contribution in [-0.4, -0.2) is 13.4 Å². The molecule has 1 aromatic carbocycles. The van der Waals surface area contributed by atoms with E-state index in [4.69, 9.17) is 0 Å². The fourth-order valence-corrected chi connectivity index (χ4v) is 2.30. The summed E-state index contributed by atoms with van der Waals surface area (Å²) in [5.74, 6) is -0.357. The van der Waals surface area contributed by atoms with Gasteiger partial charge in [0.2, 0.25) is 0 Å². The highest BCUT2D eigenvalue weighted by Crippen LogP contribution is 2.10. The summed E-state index contributed by atoms with van der Waals surface area (Å²) >= 11 is 0. The van der Waals surface area contributed by atoms with Crippen molar-refractivity contribution in [2.24, 2.45) is 0 Å². The van der Waals surface area contributed by atoms with Crippen molar-refractivity contribution in [1.82, 2.24) is 0 Å². The molecule has 1 heterocycles. The molecule has 1 atom stereocenters. The van der Waals surface area contributed by atoms with E-state index >= 15 is 0 Å². The molecule has 1 aliphatic rings. The summed E-state index contributed by atoms with van der Waals surface area (Å²) in [5, 5.41) is 10.9. The van der Waals surface area contributed by atoms with E-state index in [1.165, 1.54) is 24.4 Å². The lowest BCUT2D eigenvalue weighted by molar-refractivity contribution is -0.680. The van der Waals surface area contributed by atoms with Crippen LogP contribution in [-0.2, 0) is 16.7 Å². The Morgan fingerprint density at radius 3 is 2.50 bits per heavy atom. The van der Waals surface area contributed by atoms with Crippen molar-refractivity contribution in [3.63, 3.8) is 0 Å². The summed E-state index contributed by atoms with van der Waals surface area (Å²) in [4.78, 5) is -0.221. The Morgan fingerprint density at radius 1 is 1.22 bits per heavy atom. The minimum Gasteiger partial charge on any atom is -0.623 e. The first-order valence-electron chi connectivity index (χ1n) is 5.20. The van der Waals surface area contributed by atoms with Crippen LogP contribution >= 0.6 is 0 Å². The van der Waals surface area contributed by atoms with E-state index < -0.39 is 15.4 Å². The Bertz CT molecular complexity index is 636. The van der Waals surface area contributed by atoms with E-state index in [1.807, 2.05) is 0 Å². The lowest BCUT2D eigenvalue weighted by Gasteiger charge is -2.21. The smallest absolute Gasteiger partial charge is 0.277 e. The van der Waals surface area contributed by atoms with Crippen LogP contribution in [0.15, 0.2) is 48.2 Å². The number of nitrogens with one attached hydrogen (secondary N) is 1. The highest BCUT2D eigenvalue weighted by Gasteiger charge is 2.18. The van der Waals surface area contributed by atoms with E-state index in [0.717, 1.165) is 5.56 Å². The minimum absolute atomic E-state index is 0.221. The second-order valence-electron chi connectivity index (χ2n) is 3.78. The lowest BCUT2D eigenvalue weighted by atomic mass is 10.0. The zero-order valence-electron chi connectivity index (χ0n) is 9.26. The summed E-state index contributed by atoms with van der Waals surface area (Å²) in [7, 11) is -2.57. The molecule has 0 aliphatic carbocycles. The Labute approximate surface area is 105 Å². The predicted octanol–water partition coefficient (Wildman–Crippen LogP) is 0.214. The van der Waals surface area contributed by atoms with Crippen molar-refractivity contribution >= 4 is 15.3 Å². The topological polar surface area (TPSA) is 61.6 Å². The van der Waals surface area contributed by atoms with Crippen molar-refractivity contribution < 1.29 is 17.9 Å². The van der Waals surface area contributed by atoms with Gasteiger partial charge in [0.25, 0.3) is 15.3 Å². The third-order valence-corrected chi connectivity index (χ3v) is 3.33. The van der Waals surface area contributed by atoms with Crippen LogP contribution in [0.3, 0.4) is 0 Å². The van der Waals surface area contributed by atoms with Gasteiger partial charge in [0.15, 0.2) is 0 Å². The number of quaternary nitrogens is 1. The van der Waals surface area contributed by atoms with Gasteiger partial charge in [-0.2, -0.15) is 8.42 Å². The Hall–Kier alpha value is -1.76. The maximum Gasteiger partial charge on any atom is 0.277 e. The molecule has 0 saturated carbocycles. The van der Waals surface area contributed by atoms with Gasteiger partial charge >= 0.3 is 0 Å². The second-order valence-corrected chi connectivity index (χ2v) is 4.66. The van der Waals surface area contributed by atoms with Crippen molar-refractivity contribution in [1.29, 1.82) is 0 Å². The zero-order chi connectivity index (χ0) is 13.1. The fourth-order valence-electron chi connectivity index (χ4n) is 1.71. The Morgan fingerprint density at radius 2 is 1.89 bits per heavy atom. The normalized spacial score (nSPS) is 18.7. The average molecular weight is 267 g/mol. The van der Waals surface area contributed by atoms with Crippen LogP contribution in [0.2, 0.25) is 0 Å². The van der Waals surface area contributed by atoms with Crippen LogP contribution in [0.25, 0.3) is 0 Å². The van der Waals surface area contributed by atoms with Gasteiger partial charge in [0.05, 0.1) is 0 Å². The van der Waals surface area contributed by atoms with Crippen LogP contribution in [0.4, 0.5) is 4.39 Å². The SMILES string of the molecule is O=S(=O)=C1C(Cc2ccc(F)cc2)=CC=C[NH+]1[O-]. The molecule has 1 unspecified atom stereocenters. The van der Waals surface area contributed by atoms with Crippen molar-refractivity contribution in [3.05, 3.63) is 64.8 Å². The van der Waals surface area contributed by atoms with Gasteiger partial charge in [0.1, 0.15) is 12.0 Å². The van der Waals surface area contributed by atoms with E-state index in [2.05, 4.69) is 0 Å². The van der Waals surface area contributed by atoms with E-state index in [0.29, 0.717) is 5.57 Å². The molecule has 94 valence electrons. The highest BCUT2D eigenvalue weighted by atomic mass is 32.2. The summed E-state index contributed by atoms with van der Waals surface area (Å²) in [6.45, 7) is 0. The molecule has 0 amide bonds. The van der Waals surface area contributed by atoms with E-state index in [1.54, 1.807) is 18.2 Å². The van der Waals surface area contributed by atoms with Gasteiger partial charge in [0, 0.05) is 12.0 Å². The first-order chi connectivity index (χ1) is 8.58. The van der Waals surface area contributed by atoms with Crippen molar-refractivity contribution in [2.75, 3.05) is 0 Å². The summed E-state index contributed by atoms with van der Waals surface area (Å²) in [5.41, 5.74) is 1.16. The molecule has 0 spiro atoms. The molecule has 6 heteroatoms. The molecule has 1 N–H and O–H groups in total. The number of hydroxylamine groups is 2. The number of allylic oxidation sites excluding steroid dienone is 2. The standard InChI is InChI=1S/C12H10FNO3S/c13-11-5-3-9(4-6-11)8-10-2-1-7-14(15)12(10)18(16)17/h1-7,14H,8H2. The quantitative estimate of drug-likeness (QED) is 0.615. The van der Waals surface area contributed by atoms with Crippen LogP contribution in [0.1, 0.15) is 5.56 Å². The van der Waals surface area contributed by atoms with Gasteiger partial charge in [-0.25, -0.2) is 4.39 Å². The minimum atomic E-state index is -2.57. The van der Waals surface area contributed by atoms with Gasteiger partial charge in [-0.3, -0.25) is 0 Å². The monoisotopic (exact) mass is 267 g/mol. The van der Waals surface area contributed by atoms with Crippen LogP contribution in [0, 0.1) is 11.0 Å². The first kappa shape index (κ1) is 12.7. The Kier molecular flexibility index (Phi) is 3.71. The molecule has 1 aromatic rings. The molecule has 0 radical (unpaired) electrons. The molecular formula is C12H10FNO3S. The fraction of sp³-hybridized carbons (Fsp3) is 0.0833. The van der Waals surface area contributed by atoms with E-state index in [-0.39, 0.29) is 17.2 Å². The first-order valence-corrected chi connectivity index (χ1v) is 6.28. The van der Waals surface area contributed by atoms with Crippen molar-refractivity contribution in [2.45, 2.75) is 6.42 Å². The predicted molar refractivity (Wildman–Crippen MR) is 65.6 cm³/mol. The molecule has 0 bridgehead atoms. The van der Waals surface area contributed by atoms with Crippen LogP contribution in [0.5, 0.6) is 0 Å². The second kappa shape index (κ2) is 5.26. The molecular weight excluding hydrogens is 257 g/mol. The molecule has 0 saturated heterocycles. The number of benzene rings is 1. The number of hydrogen-bond acceptors (Lipinski definition) is 3. The third kappa shape index (κ3) is 2.73. The molecule has 18 heavy (non-hydrogen) atoms. The number of rotatable bonds is 2. The summed E-state index contributed by atoms with van der Waals surface area (Å²) in [6, 6.07) is 5.71. The van der Waals surface area contributed by atoms with Gasteiger partial charge in [-0.05, 0) is 29.8 Å². The lowest BCUT2D eigenvalue weighted by Crippen LogP contribution is -3.06. The summed E-state index contributed by atoms with van der Waals surface area (Å²) in [6.07, 6.45) is 4.58. The summed E-state index contributed by atoms with van der Waals surface area (Å²) < 4.78 is 34.8. The van der Waals surface area contributed by atoms with Gasteiger partial charge in [-0.1, -0.05) is 12.1 Å². The van der Waals surface area contributed by atoms with Gasteiger partial charge < -0.3 is 10.3 Å². The Balaban J connectivity index is 2.33. The molecule has 2 rings (SSSR count). The maximum absolute atomic E-state index is 12.7. The molecule has 0 fully saturated rings. The number of halogens is 1. The zero-order valence-corrected chi connectivity index (χ0v) is 10.1. The molecule has 4 nitrogen and oxygen atoms in total. The van der Waals surface area contributed by atoms with E-state index in [9.17, 15) is 18.0 Å². The third-order valence-electron chi connectivity index (χ3n) is 2.53. The highest BCUT2D eigenvalue weighted by molar-refractivity contribution is 7.72. The largest absolute Gasteiger partial charge is 0.623 e. The maximum atomic E-state index is 12.7. The van der Waals surface area contributed by atoms with Gasteiger partial charge in [-0.15, -0.1) is 0 Å². The van der Waals surface area contributed by atoms with Crippen molar-refractivity contribution in [3.8, 4) is 0 Å². The molecule has 1 aliphatic heterocycles. The average Bonchev–Trinajstić information content (AvgIpc) is 2.32.